The predicted octanol–water partition coefficient (Wildman–Crippen LogP) is 6.14. The summed E-state index contributed by atoms with van der Waals surface area (Å²) in [5, 5.41) is 9.77. The summed E-state index contributed by atoms with van der Waals surface area (Å²) >= 11 is 1.50. The fourth-order valence-corrected chi connectivity index (χ4v) is 4.34. The van der Waals surface area contributed by atoms with Gasteiger partial charge in [0.15, 0.2) is 0 Å². The number of nitrogens with zero attached hydrogens (tertiary/aromatic N) is 3. The zero-order valence-corrected chi connectivity index (χ0v) is 19.1. The zero-order valence-electron chi connectivity index (χ0n) is 18.3. The highest BCUT2D eigenvalue weighted by Gasteiger charge is 2.31. The SMILES string of the molecule is CSc1c(CN(C(=O)O)C(C)(C)C)cc(-c2ccc(OC(F)(F)F)cc2)c2ncn(C)c12. The number of aromatic nitrogens is 2. The van der Waals surface area contributed by atoms with Crippen LogP contribution in [0, 0.1) is 0 Å². The Balaban J connectivity index is 2.16. The van der Waals surface area contributed by atoms with E-state index in [2.05, 4.69) is 9.72 Å². The molecule has 0 spiro atoms. The maximum Gasteiger partial charge on any atom is 0.573 e. The molecule has 10 heteroatoms. The molecule has 0 radical (unpaired) electrons. The van der Waals surface area contributed by atoms with Gasteiger partial charge in [-0.2, -0.15) is 0 Å². The Morgan fingerprint density at radius 1 is 1.22 bits per heavy atom. The van der Waals surface area contributed by atoms with Gasteiger partial charge in [0.05, 0.1) is 23.9 Å². The minimum Gasteiger partial charge on any atom is -0.465 e. The lowest BCUT2D eigenvalue weighted by molar-refractivity contribution is -0.274. The van der Waals surface area contributed by atoms with Crippen molar-refractivity contribution < 1.29 is 27.8 Å². The van der Waals surface area contributed by atoms with Crippen LogP contribution in [-0.4, -0.2) is 43.8 Å². The van der Waals surface area contributed by atoms with Crippen LogP contribution in [0.25, 0.3) is 22.2 Å². The average molecular weight is 468 g/mol. The van der Waals surface area contributed by atoms with Crippen LogP contribution in [-0.2, 0) is 13.6 Å². The molecule has 172 valence electrons. The maximum atomic E-state index is 12.5. The van der Waals surface area contributed by atoms with Crippen molar-refractivity contribution in [3.8, 4) is 16.9 Å². The van der Waals surface area contributed by atoms with E-state index < -0.39 is 18.0 Å². The van der Waals surface area contributed by atoms with Gasteiger partial charge in [-0.15, -0.1) is 24.9 Å². The third-order valence-electron chi connectivity index (χ3n) is 4.99. The Kier molecular flexibility index (Phi) is 6.37. The summed E-state index contributed by atoms with van der Waals surface area (Å²) in [7, 11) is 1.85. The molecule has 0 bridgehead atoms. The smallest absolute Gasteiger partial charge is 0.465 e. The number of rotatable bonds is 5. The number of hydrogen-bond acceptors (Lipinski definition) is 4. The van der Waals surface area contributed by atoms with Crippen LogP contribution >= 0.6 is 11.8 Å². The summed E-state index contributed by atoms with van der Waals surface area (Å²) in [6.07, 6.45) is -2.23. The lowest BCUT2D eigenvalue weighted by Gasteiger charge is -2.34. The first kappa shape index (κ1) is 23.8. The Morgan fingerprint density at radius 3 is 2.34 bits per heavy atom. The number of halogens is 3. The summed E-state index contributed by atoms with van der Waals surface area (Å²) in [6, 6.07) is 7.43. The van der Waals surface area contributed by atoms with Crippen LogP contribution in [0.1, 0.15) is 26.3 Å². The largest absolute Gasteiger partial charge is 0.573 e. The van der Waals surface area contributed by atoms with Gasteiger partial charge in [0.1, 0.15) is 5.75 Å². The molecule has 3 rings (SSSR count). The van der Waals surface area contributed by atoms with Gasteiger partial charge in [-0.3, -0.25) is 4.90 Å². The molecular weight excluding hydrogens is 443 g/mol. The normalized spacial score (nSPS) is 12.2. The molecule has 0 saturated heterocycles. The third kappa shape index (κ3) is 4.95. The van der Waals surface area contributed by atoms with Gasteiger partial charge in [-0.1, -0.05) is 12.1 Å². The molecular formula is C22H24F3N3O3S. The second-order valence-corrected chi connectivity index (χ2v) is 9.10. The number of hydrogen-bond donors (Lipinski definition) is 1. The Labute approximate surface area is 188 Å². The topological polar surface area (TPSA) is 67.6 Å². The lowest BCUT2D eigenvalue weighted by atomic mass is 9.99. The van der Waals surface area contributed by atoms with E-state index in [9.17, 15) is 23.1 Å². The lowest BCUT2D eigenvalue weighted by Crippen LogP contribution is -2.44. The van der Waals surface area contributed by atoms with Crippen LogP contribution in [0.4, 0.5) is 18.0 Å². The molecule has 0 saturated carbocycles. The quantitative estimate of drug-likeness (QED) is 0.457. The number of benzene rings is 2. The molecule has 3 aromatic rings. The average Bonchev–Trinajstić information content (AvgIpc) is 3.05. The van der Waals surface area contributed by atoms with E-state index in [4.69, 9.17) is 0 Å². The van der Waals surface area contributed by atoms with Crippen LogP contribution < -0.4 is 4.74 Å². The maximum absolute atomic E-state index is 12.5. The third-order valence-corrected chi connectivity index (χ3v) is 5.85. The number of carboxylic acid groups (broad SMARTS) is 1. The van der Waals surface area contributed by atoms with Gasteiger partial charge in [0.2, 0.25) is 0 Å². The number of aryl methyl sites for hydroxylation is 1. The number of ether oxygens (including phenoxy) is 1. The summed E-state index contributed by atoms with van der Waals surface area (Å²) in [6.45, 7) is 5.62. The fraction of sp³-hybridized carbons (Fsp3) is 0.364. The number of fused-ring (bicyclic) bond motifs is 1. The van der Waals surface area contributed by atoms with Crippen molar-refractivity contribution in [1.82, 2.24) is 14.5 Å². The van der Waals surface area contributed by atoms with Crippen molar-refractivity contribution in [3.63, 3.8) is 0 Å². The van der Waals surface area contributed by atoms with E-state index in [0.29, 0.717) is 16.6 Å². The summed E-state index contributed by atoms with van der Waals surface area (Å²) in [5.41, 5.74) is 3.03. The van der Waals surface area contributed by atoms with E-state index in [1.165, 1.54) is 40.9 Å². The molecule has 0 atom stereocenters. The van der Waals surface area contributed by atoms with Gasteiger partial charge in [0.25, 0.3) is 0 Å². The Morgan fingerprint density at radius 2 is 1.84 bits per heavy atom. The van der Waals surface area contributed by atoms with Gasteiger partial charge in [-0.25, -0.2) is 9.78 Å². The number of thioether (sulfide) groups is 1. The molecule has 0 aliphatic heterocycles. The molecule has 1 aromatic heterocycles. The van der Waals surface area contributed by atoms with E-state index in [0.717, 1.165) is 16.0 Å². The summed E-state index contributed by atoms with van der Waals surface area (Å²) in [5.74, 6) is -0.316. The number of carbonyl (C=O) groups is 1. The van der Waals surface area contributed by atoms with Crippen molar-refractivity contribution in [2.45, 2.75) is 44.1 Å². The van der Waals surface area contributed by atoms with Crippen molar-refractivity contribution in [3.05, 3.63) is 42.2 Å². The number of amides is 1. The second kappa shape index (κ2) is 8.57. The number of alkyl halides is 3. The summed E-state index contributed by atoms with van der Waals surface area (Å²) < 4.78 is 43.3. The zero-order chi connectivity index (χ0) is 23.8. The van der Waals surface area contributed by atoms with Crippen LogP contribution in [0.3, 0.4) is 0 Å². The first-order valence-electron chi connectivity index (χ1n) is 9.69. The number of imidazole rings is 1. The molecule has 0 aliphatic rings. The molecule has 1 amide bonds. The highest BCUT2D eigenvalue weighted by atomic mass is 32.2. The Hall–Kier alpha value is -2.88. The van der Waals surface area contributed by atoms with Crippen molar-refractivity contribution in [2.24, 2.45) is 7.05 Å². The first-order valence-corrected chi connectivity index (χ1v) is 10.9. The highest BCUT2D eigenvalue weighted by Crippen LogP contribution is 2.38. The molecule has 0 aliphatic carbocycles. The molecule has 6 nitrogen and oxygen atoms in total. The second-order valence-electron chi connectivity index (χ2n) is 8.28. The van der Waals surface area contributed by atoms with Gasteiger partial charge >= 0.3 is 12.5 Å². The summed E-state index contributed by atoms with van der Waals surface area (Å²) in [4.78, 5) is 18.7. The van der Waals surface area contributed by atoms with Crippen molar-refractivity contribution in [1.29, 1.82) is 0 Å². The van der Waals surface area contributed by atoms with Gasteiger partial charge in [0, 0.05) is 23.0 Å². The molecule has 2 aromatic carbocycles. The van der Waals surface area contributed by atoms with Crippen LogP contribution in [0.5, 0.6) is 5.75 Å². The van der Waals surface area contributed by atoms with Gasteiger partial charge in [-0.05, 0) is 56.4 Å². The molecule has 32 heavy (non-hydrogen) atoms. The Bertz CT molecular complexity index is 1140. The van der Waals surface area contributed by atoms with E-state index >= 15 is 0 Å². The van der Waals surface area contributed by atoms with E-state index in [1.54, 1.807) is 6.33 Å². The highest BCUT2D eigenvalue weighted by molar-refractivity contribution is 7.98. The monoisotopic (exact) mass is 467 g/mol. The predicted molar refractivity (Wildman–Crippen MR) is 118 cm³/mol. The van der Waals surface area contributed by atoms with Crippen LogP contribution in [0.2, 0.25) is 0 Å². The molecule has 0 fully saturated rings. The minimum absolute atomic E-state index is 0.151. The molecule has 0 unspecified atom stereocenters. The van der Waals surface area contributed by atoms with E-state index in [-0.39, 0.29) is 12.3 Å². The fourth-order valence-electron chi connectivity index (χ4n) is 3.52. The standard InChI is InChI=1S/C22H24F3N3O3S/c1-21(2,3)28(20(29)30)11-14-10-16(17-18(19(14)32-5)27(4)12-26-17)13-6-8-15(9-7-13)31-22(23,24)25/h6-10,12H,11H2,1-5H3,(H,29,30). The first-order chi connectivity index (χ1) is 14.8. The molecule has 1 heterocycles. The van der Waals surface area contributed by atoms with Gasteiger partial charge < -0.3 is 14.4 Å². The van der Waals surface area contributed by atoms with Crippen molar-refractivity contribution in [2.75, 3.05) is 6.26 Å². The van der Waals surface area contributed by atoms with E-state index in [1.807, 2.05) is 44.7 Å². The van der Waals surface area contributed by atoms with Crippen molar-refractivity contribution >= 4 is 28.9 Å². The minimum atomic E-state index is -4.77. The van der Waals surface area contributed by atoms with Crippen LogP contribution in [0.15, 0.2) is 41.6 Å². The molecule has 1 N–H and O–H groups in total.